The summed E-state index contributed by atoms with van der Waals surface area (Å²) < 4.78 is 37.2. The van der Waals surface area contributed by atoms with E-state index < -0.39 is 21.2 Å². The number of sulfone groups is 1. The molecule has 1 aliphatic rings. The molecule has 2 aromatic carbocycles. The maximum atomic E-state index is 13.1. The van der Waals surface area contributed by atoms with E-state index in [1.807, 2.05) is 24.3 Å². The minimum atomic E-state index is -3.50. The van der Waals surface area contributed by atoms with Gasteiger partial charge in [-0.05, 0) is 36.2 Å². The van der Waals surface area contributed by atoms with Gasteiger partial charge in [-0.1, -0.05) is 36.4 Å². The molecule has 5 heteroatoms. The lowest BCUT2D eigenvalue weighted by atomic mass is 10.1. The lowest BCUT2D eigenvalue weighted by molar-refractivity contribution is 0.0720. The number of hydrogen-bond acceptors (Lipinski definition) is 4. The van der Waals surface area contributed by atoms with Gasteiger partial charge in [-0.25, -0.2) is 8.42 Å². The summed E-state index contributed by atoms with van der Waals surface area (Å²) in [5, 5.41) is -0.642. The predicted octanol–water partition coefficient (Wildman–Crippen LogP) is 3.55. The van der Waals surface area contributed by atoms with Gasteiger partial charge in [-0.15, -0.1) is 6.58 Å². The Morgan fingerprint density at radius 2 is 1.79 bits per heavy atom. The number of methoxy groups -OCH3 is 1. The normalized spacial score (nSPS) is 23.8. The van der Waals surface area contributed by atoms with E-state index in [0.29, 0.717) is 11.3 Å². The third-order valence-electron chi connectivity index (χ3n) is 4.30. The molecule has 1 aliphatic heterocycles. The molecule has 0 N–H and O–H groups in total. The van der Waals surface area contributed by atoms with Crippen LogP contribution in [0.15, 0.2) is 72.1 Å². The monoisotopic (exact) mass is 344 g/mol. The first-order valence-electron chi connectivity index (χ1n) is 7.77. The van der Waals surface area contributed by atoms with Crippen molar-refractivity contribution in [2.24, 2.45) is 0 Å². The van der Waals surface area contributed by atoms with Crippen molar-refractivity contribution in [3.63, 3.8) is 0 Å². The largest absolute Gasteiger partial charge is 0.497 e. The summed E-state index contributed by atoms with van der Waals surface area (Å²) in [6.45, 7) is 3.75. The quantitative estimate of drug-likeness (QED) is 0.778. The Morgan fingerprint density at radius 1 is 1.12 bits per heavy atom. The van der Waals surface area contributed by atoms with Gasteiger partial charge in [0.05, 0.1) is 23.4 Å². The molecule has 3 atom stereocenters. The summed E-state index contributed by atoms with van der Waals surface area (Å²) in [6, 6.07) is 15.8. The molecule has 0 spiro atoms. The van der Waals surface area contributed by atoms with E-state index in [0.717, 1.165) is 11.3 Å². The number of hydrogen-bond donors (Lipinski definition) is 0. The average molecular weight is 344 g/mol. The molecule has 1 heterocycles. The fourth-order valence-corrected chi connectivity index (χ4v) is 4.87. The molecule has 0 bridgehead atoms. The zero-order valence-electron chi connectivity index (χ0n) is 13.5. The summed E-state index contributed by atoms with van der Waals surface area (Å²) in [4.78, 5) is 0.321. The third kappa shape index (κ3) is 3.09. The summed E-state index contributed by atoms with van der Waals surface area (Å²) >= 11 is 0. The fourth-order valence-electron chi connectivity index (χ4n) is 3.00. The second-order valence-electron chi connectivity index (χ2n) is 5.74. The first-order valence-corrected chi connectivity index (χ1v) is 9.32. The Balaban J connectivity index is 1.98. The molecule has 0 saturated carbocycles. The molecule has 0 radical (unpaired) electrons. The van der Waals surface area contributed by atoms with Crippen LogP contribution in [0.25, 0.3) is 0 Å². The van der Waals surface area contributed by atoms with Crippen molar-refractivity contribution in [1.82, 2.24) is 0 Å². The van der Waals surface area contributed by atoms with Crippen molar-refractivity contribution in [3.05, 3.63) is 72.8 Å². The Labute approximate surface area is 142 Å². The van der Waals surface area contributed by atoms with Gasteiger partial charge in [0.25, 0.3) is 0 Å². The molecular formula is C19H20O4S. The average Bonchev–Trinajstić information content (AvgIpc) is 3.08. The van der Waals surface area contributed by atoms with Gasteiger partial charge in [0.15, 0.2) is 9.84 Å². The van der Waals surface area contributed by atoms with Crippen LogP contribution in [0.2, 0.25) is 0 Å². The minimum Gasteiger partial charge on any atom is -0.497 e. The summed E-state index contributed by atoms with van der Waals surface area (Å²) in [7, 11) is -1.90. The highest BCUT2D eigenvalue weighted by atomic mass is 32.2. The van der Waals surface area contributed by atoms with Crippen molar-refractivity contribution >= 4 is 9.84 Å². The van der Waals surface area contributed by atoms with E-state index in [4.69, 9.17) is 9.47 Å². The standard InChI is InChI=1S/C19H20O4S/c1-3-15-13-18(24(20,21)17-7-5-4-6-8-17)19(23-15)14-9-11-16(22-2)12-10-14/h3-12,15,18-19H,1,13H2,2H3/t15-,18-,19+/m1/s1. The second kappa shape index (κ2) is 6.79. The van der Waals surface area contributed by atoms with Crippen molar-refractivity contribution in [2.75, 3.05) is 7.11 Å². The van der Waals surface area contributed by atoms with Crippen molar-refractivity contribution in [1.29, 1.82) is 0 Å². The minimum absolute atomic E-state index is 0.277. The van der Waals surface area contributed by atoms with Crippen LogP contribution in [0.1, 0.15) is 18.1 Å². The highest BCUT2D eigenvalue weighted by Gasteiger charge is 2.43. The number of rotatable bonds is 5. The van der Waals surface area contributed by atoms with Gasteiger partial charge in [-0.2, -0.15) is 0 Å². The van der Waals surface area contributed by atoms with E-state index in [-0.39, 0.29) is 6.10 Å². The van der Waals surface area contributed by atoms with Crippen LogP contribution in [0.5, 0.6) is 5.75 Å². The zero-order chi connectivity index (χ0) is 17.2. The Kier molecular flexibility index (Phi) is 4.73. The molecule has 3 rings (SSSR count). The molecular weight excluding hydrogens is 324 g/mol. The lowest BCUT2D eigenvalue weighted by Crippen LogP contribution is -2.25. The van der Waals surface area contributed by atoms with E-state index in [1.54, 1.807) is 43.5 Å². The highest BCUT2D eigenvalue weighted by Crippen LogP contribution is 2.40. The fraction of sp³-hybridized carbons (Fsp3) is 0.263. The van der Waals surface area contributed by atoms with Crippen LogP contribution in [0, 0.1) is 0 Å². The molecule has 0 unspecified atom stereocenters. The van der Waals surface area contributed by atoms with Crippen molar-refractivity contribution in [2.45, 2.75) is 28.8 Å². The van der Waals surface area contributed by atoms with Crippen LogP contribution in [0.4, 0.5) is 0 Å². The van der Waals surface area contributed by atoms with Crippen LogP contribution in [0.3, 0.4) is 0 Å². The molecule has 4 nitrogen and oxygen atoms in total. The van der Waals surface area contributed by atoms with Crippen LogP contribution >= 0.6 is 0 Å². The SMILES string of the molecule is C=C[C@@H]1C[C@@H](S(=O)(=O)c2ccccc2)[C@H](c2ccc(OC)cc2)O1. The Morgan fingerprint density at radius 3 is 2.38 bits per heavy atom. The van der Waals surface area contributed by atoms with E-state index in [2.05, 4.69) is 6.58 Å². The van der Waals surface area contributed by atoms with E-state index >= 15 is 0 Å². The van der Waals surface area contributed by atoms with E-state index in [1.165, 1.54) is 0 Å². The third-order valence-corrected chi connectivity index (χ3v) is 6.47. The zero-order valence-corrected chi connectivity index (χ0v) is 14.3. The van der Waals surface area contributed by atoms with Gasteiger partial charge in [0, 0.05) is 0 Å². The number of benzene rings is 2. The Hall–Kier alpha value is -2.11. The second-order valence-corrected chi connectivity index (χ2v) is 7.90. The number of ether oxygens (including phenoxy) is 2. The van der Waals surface area contributed by atoms with Gasteiger partial charge < -0.3 is 9.47 Å². The molecule has 2 aromatic rings. The van der Waals surface area contributed by atoms with E-state index in [9.17, 15) is 8.42 Å². The lowest BCUT2D eigenvalue weighted by Gasteiger charge is -2.19. The van der Waals surface area contributed by atoms with Crippen molar-refractivity contribution < 1.29 is 17.9 Å². The molecule has 1 saturated heterocycles. The maximum Gasteiger partial charge on any atom is 0.184 e. The Bertz CT molecular complexity index is 797. The summed E-state index contributed by atoms with van der Waals surface area (Å²) in [6.07, 6.45) is 1.26. The summed E-state index contributed by atoms with van der Waals surface area (Å²) in [5.41, 5.74) is 0.824. The van der Waals surface area contributed by atoms with Gasteiger partial charge in [-0.3, -0.25) is 0 Å². The van der Waals surface area contributed by atoms with Gasteiger partial charge >= 0.3 is 0 Å². The maximum absolute atomic E-state index is 13.1. The molecule has 0 amide bonds. The first-order chi connectivity index (χ1) is 11.6. The van der Waals surface area contributed by atoms with Gasteiger partial charge in [0.1, 0.15) is 11.9 Å². The van der Waals surface area contributed by atoms with Crippen LogP contribution in [-0.2, 0) is 14.6 Å². The molecule has 0 aromatic heterocycles. The highest BCUT2D eigenvalue weighted by molar-refractivity contribution is 7.92. The van der Waals surface area contributed by atoms with Crippen LogP contribution in [-0.4, -0.2) is 26.9 Å². The molecule has 126 valence electrons. The molecule has 24 heavy (non-hydrogen) atoms. The predicted molar refractivity (Wildman–Crippen MR) is 92.8 cm³/mol. The van der Waals surface area contributed by atoms with Crippen molar-refractivity contribution in [3.8, 4) is 5.75 Å². The molecule has 1 fully saturated rings. The van der Waals surface area contributed by atoms with Gasteiger partial charge in [0.2, 0.25) is 0 Å². The smallest absolute Gasteiger partial charge is 0.184 e. The molecule has 0 aliphatic carbocycles. The first kappa shape index (κ1) is 16.7. The summed E-state index contributed by atoms with van der Waals surface area (Å²) in [5.74, 6) is 0.722. The topological polar surface area (TPSA) is 52.6 Å². The van der Waals surface area contributed by atoms with Crippen LogP contribution < -0.4 is 4.74 Å².